The smallest absolute Gasteiger partial charge is 0.337 e. The van der Waals surface area contributed by atoms with Crippen molar-refractivity contribution in [2.75, 3.05) is 5.32 Å². The zero-order valence-electron chi connectivity index (χ0n) is 11.7. The molecule has 0 fully saturated rings. The Kier molecular flexibility index (Phi) is 4.95. The first-order valence-electron chi connectivity index (χ1n) is 6.55. The van der Waals surface area contributed by atoms with Gasteiger partial charge in [-0.15, -0.1) is 0 Å². The fourth-order valence-corrected chi connectivity index (χ4v) is 2.12. The third-order valence-corrected chi connectivity index (χ3v) is 3.30. The number of carbonyl (C=O) groups is 2. The van der Waals surface area contributed by atoms with Gasteiger partial charge in [-0.1, -0.05) is 41.9 Å². The summed E-state index contributed by atoms with van der Waals surface area (Å²) in [6.07, 6.45) is -0.782. The van der Waals surface area contributed by atoms with E-state index in [-0.39, 0.29) is 16.3 Å². The molecule has 0 spiro atoms. The van der Waals surface area contributed by atoms with Crippen LogP contribution in [0.1, 0.15) is 15.9 Å². The molecule has 0 heterocycles. The molecule has 0 aliphatic rings. The Morgan fingerprint density at radius 1 is 1.13 bits per heavy atom. The number of benzene rings is 2. The molecule has 1 amide bonds. The first-order valence-corrected chi connectivity index (χ1v) is 6.93. The summed E-state index contributed by atoms with van der Waals surface area (Å²) in [6, 6.07) is 11.4. The Hall–Kier alpha value is -2.47. The number of amides is 1. The number of anilines is 1. The van der Waals surface area contributed by atoms with Crippen LogP contribution in [0.4, 0.5) is 14.5 Å². The standard InChI is InChI=1S/C16H12ClF2NO3/c17-11-6-7-13(12(8-11)14(21)22)20-15(23)16(18,19)9-10-4-2-1-3-5-10/h1-8H,9H2,(H,20,23)(H,21,22). The van der Waals surface area contributed by atoms with Crippen molar-refractivity contribution in [1.29, 1.82) is 0 Å². The quantitative estimate of drug-likeness (QED) is 0.869. The second-order valence-corrected chi connectivity index (χ2v) is 5.25. The van der Waals surface area contributed by atoms with Gasteiger partial charge in [-0.3, -0.25) is 4.79 Å². The lowest BCUT2D eigenvalue weighted by atomic mass is 10.1. The summed E-state index contributed by atoms with van der Waals surface area (Å²) in [6.45, 7) is 0. The van der Waals surface area contributed by atoms with E-state index in [0.717, 1.165) is 6.07 Å². The molecule has 0 saturated heterocycles. The molecular formula is C16H12ClF2NO3. The van der Waals surface area contributed by atoms with Gasteiger partial charge in [-0.2, -0.15) is 8.78 Å². The van der Waals surface area contributed by atoms with Crippen LogP contribution in [-0.2, 0) is 11.2 Å². The number of halogens is 3. The van der Waals surface area contributed by atoms with E-state index in [4.69, 9.17) is 16.7 Å². The molecule has 0 aromatic heterocycles. The molecule has 0 unspecified atom stereocenters. The summed E-state index contributed by atoms with van der Waals surface area (Å²) in [5.41, 5.74) is -0.303. The van der Waals surface area contributed by atoms with Crippen molar-refractivity contribution in [3.63, 3.8) is 0 Å². The Morgan fingerprint density at radius 2 is 1.78 bits per heavy atom. The molecule has 2 aromatic rings. The van der Waals surface area contributed by atoms with Gasteiger partial charge in [0.15, 0.2) is 0 Å². The Morgan fingerprint density at radius 3 is 2.39 bits per heavy atom. The summed E-state index contributed by atoms with van der Waals surface area (Å²) in [5, 5.41) is 11.1. The maximum Gasteiger partial charge on any atom is 0.337 e. The zero-order valence-corrected chi connectivity index (χ0v) is 12.5. The minimum absolute atomic E-state index is 0.122. The maximum atomic E-state index is 14.0. The van der Waals surface area contributed by atoms with E-state index in [9.17, 15) is 18.4 Å². The van der Waals surface area contributed by atoms with Crippen LogP contribution in [0.3, 0.4) is 0 Å². The highest BCUT2D eigenvalue weighted by Crippen LogP contribution is 2.25. The number of alkyl halides is 2. The van der Waals surface area contributed by atoms with Gasteiger partial charge >= 0.3 is 11.9 Å². The fourth-order valence-electron chi connectivity index (χ4n) is 1.95. The van der Waals surface area contributed by atoms with Crippen LogP contribution < -0.4 is 5.32 Å². The molecule has 2 N–H and O–H groups in total. The van der Waals surface area contributed by atoms with Crippen LogP contribution in [0.15, 0.2) is 48.5 Å². The molecule has 0 bridgehead atoms. The number of carbonyl (C=O) groups excluding carboxylic acids is 1. The Balaban J connectivity index is 2.19. The van der Waals surface area contributed by atoms with Crippen molar-refractivity contribution in [2.45, 2.75) is 12.3 Å². The number of hydrogen-bond donors (Lipinski definition) is 2. The van der Waals surface area contributed by atoms with Crippen LogP contribution >= 0.6 is 11.6 Å². The molecule has 120 valence electrons. The number of hydrogen-bond acceptors (Lipinski definition) is 2. The molecule has 2 rings (SSSR count). The Labute approximate surface area is 135 Å². The maximum absolute atomic E-state index is 14.0. The predicted octanol–water partition coefficient (Wildman–Crippen LogP) is 3.85. The summed E-state index contributed by atoms with van der Waals surface area (Å²) in [7, 11) is 0. The van der Waals surface area contributed by atoms with E-state index in [0.29, 0.717) is 5.56 Å². The lowest BCUT2D eigenvalue weighted by Gasteiger charge is -2.17. The van der Waals surface area contributed by atoms with E-state index in [1.807, 2.05) is 5.32 Å². The van der Waals surface area contributed by atoms with Gasteiger partial charge in [0.1, 0.15) is 0 Å². The third-order valence-electron chi connectivity index (χ3n) is 3.06. The zero-order chi connectivity index (χ0) is 17.0. The average molecular weight is 340 g/mol. The van der Waals surface area contributed by atoms with Crippen molar-refractivity contribution in [1.82, 2.24) is 0 Å². The van der Waals surface area contributed by atoms with Gasteiger partial charge in [0.25, 0.3) is 5.91 Å². The van der Waals surface area contributed by atoms with Gasteiger partial charge in [-0.05, 0) is 23.8 Å². The molecule has 2 aromatic carbocycles. The van der Waals surface area contributed by atoms with E-state index in [2.05, 4.69) is 0 Å². The van der Waals surface area contributed by atoms with Gasteiger partial charge in [0.2, 0.25) is 0 Å². The summed E-state index contributed by atoms with van der Waals surface area (Å²) in [4.78, 5) is 22.9. The lowest BCUT2D eigenvalue weighted by molar-refractivity contribution is -0.139. The summed E-state index contributed by atoms with van der Waals surface area (Å²) in [5.74, 6) is -6.64. The van der Waals surface area contributed by atoms with Gasteiger partial charge in [0, 0.05) is 11.4 Å². The molecule has 0 aliphatic carbocycles. The first kappa shape index (κ1) is 16.9. The third kappa shape index (κ3) is 4.26. The molecule has 7 heteroatoms. The largest absolute Gasteiger partial charge is 0.478 e. The van der Waals surface area contributed by atoms with Crippen molar-refractivity contribution in [2.24, 2.45) is 0 Å². The monoisotopic (exact) mass is 339 g/mol. The van der Waals surface area contributed by atoms with Crippen LogP contribution in [-0.4, -0.2) is 22.9 Å². The predicted molar refractivity (Wildman–Crippen MR) is 82.1 cm³/mol. The number of rotatable bonds is 5. The molecule has 0 atom stereocenters. The molecular weight excluding hydrogens is 328 g/mol. The van der Waals surface area contributed by atoms with Crippen LogP contribution in [0.25, 0.3) is 0 Å². The molecule has 0 radical (unpaired) electrons. The van der Waals surface area contributed by atoms with E-state index in [1.54, 1.807) is 18.2 Å². The normalized spacial score (nSPS) is 11.1. The highest BCUT2D eigenvalue weighted by molar-refractivity contribution is 6.31. The molecule has 0 aliphatic heterocycles. The highest BCUT2D eigenvalue weighted by atomic mass is 35.5. The van der Waals surface area contributed by atoms with Crippen LogP contribution in [0, 0.1) is 0 Å². The second kappa shape index (κ2) is 6.75. The van der Waals surface area contributed by atoms with Crippen molar-refractivity contribution in [3.05, 3.63) is 64.7 Å². The van der Waals surface area contributed by atoms with Crippen molar-refractivity contribution >= 4 is 29.2 Å². The van der Waals surface area contributed by atoms with Gasteiger partial charge in [-0.25, -0.2) is 4.79 Å². The fraction of sp³-hybridized carbons (Fsp3) is 0.125. The number of aromatic carboxylic acids is 1. The SMILES string of the molecule is O=C(O)c1cc(Cl)ccc1NC(=O)C(F)(F)Cc1ccccc1. The minimum Gasteiger partial charge on any atom is -0.478 e. The summed E-state index contributed by atoms with van der Waals surface area (Å²) >= 11 is 5.67. The minimum atomic E-state index is -3.68. The van der Waals surface area contributed by atoms with Crippen molar-refractivity contribution < 1.29 is 23.5 Å². The lowest BCUT2D eigenvalue weighted by Crippen LogP contribution is -2.37. The first-order chi connectivity index (χ1) is 10.8. The Bertz CT molecular complexity index is 735. The average Bonchev–Trinajstić information content (AvgIpc) is 2.49. The van der Waals surface area contributed by atoms with Gasteiger partial charge < -0.3 is 10.4 Å². The molecule has 0 saturated carbocycles. The summed E-state index contributed by atoms with van der Waals surface area (Å²) < 4.78 is 28.0. The number of carboxylic acids is 1. The second-order valence-electron chi connectivity index (χ2n) is 4.82. The topological polar surface area (TPSA) is 66.4 Å². The highest BCUT2D eigenvalue weighted by Gasteiger charge is 2.39. The van der Waals surface area contributed by atoms with Crippen LogP contribution in [0.5, 0.6) is 0 Å². The van der Waals surface area contributed by atoms with E-state index >= 15 is 0 Å². The van der Waals surface area contributed by atoms with Crippen LogP contribution in [0.2, 0.25) is 5.02 Å². The number of carboxylic acid groups (broad SMARTS) is 1. The van der Waals surface area contributed by atoms with E-state index < -0.39 is 24.2 Å². The molecule has 4 nitrogen and oxygen atoms in total. The van der Waals surface area contributed by atoms with E-state index in [1.165, 1.54) is 24.3 Å². The number of nitrogens with one attached hydrogen (secondary N) is 1. The molecule has 23 heavy (non-hydrogen) atoms. The van der Waals surface area contributed by atoms with Gasteiger partial charge in [0.05, 0.1) is 11.3 Å². The van der Waals surface area contributed by atoms with Crippen molar-refractivity contribution in [3.8, 4) is 0 Å².